The van der Waals surface area contributed by atoms with Crippen LogP contribution in [0.2, 0.25) is 0 Å². The summed E-state index contributed by atoms with van der Waals surface area (Å²) < 4.78 is 22.8. The van der Waals surface area contributed by atoms with Crippen molar-refractivity contribution < 1.29 is 8.42 Å². The van der Waals surface area contributed by atoms with E-state index < -0.39 is 10.0 Å². The SMILES string of the molecule is Cc1c(NCC2CCCC2)cccc1S(N)(=O)=O. The molecule has 1 aromatic carbocycles. The number of anilines is 1. The van der Waals surface area contributed by atoms with Crippen molar-refractivity contribution in [1.82, 2.24) is 0 Å². The van der Waals surface area contributed by atoms with Crippen LogP contribution in [0.4, 0.5) is 5.69 Å². The van der Waals surface area contributed by atoms with Crippen molar-refractivity contribution in [2.45, 2.75) is 37.5 Å². The van der Waals surface area contributed by atoms with Gasteiger partial charge < -0.3 is 5.32 Å². The predicted octanol–water partition coefficient (Wildman–Crippen LogP) is 2.24. The van der Waals surface area contributed by atoms with E-state index in [2.05, 4.69) is 5.32 Å². The van der Waals surface area contributed by atoms with Gasteiger partial charge in [0.1, 0.15) is 0 Å². The quantitative estimate of drug-likeness (QED) is 0.879. The summed E-state index contributed by atoms with van der Waals surface area (Å²) in [5, 5.41) is 8.54. The highest BCUT2D eigenvalue weighted by Crippen LogP contribution is 2.27. The number of nitrogens with one attached hydrogen (secondary N) is 1. The molecule has 0 spiro atoms. The molecule has 1 aliphatic rings. The normalized spacial score (nSPS) is 17.0. The minimum Gasteiger partial charge on any atom is -0.385 e. The Morgan fingerprint density at radius 3 is 2.61 bits per heavy atom. The molecule has 0 heterocycles. The van der Waals surface area contributed by atoms with Crippen molar-refractivity contribution in [1.29, 1.82) is 0 Å². The lowest BCUT2D eigenvalue weighted by Crippen LogP contribution is -2.16. The molecule has 18 heavy (non-hydrogen) atoms. The van der Waals surface area contributed by atoms with Crippen molar-refractivity contribution in [3.8, 4) is 0 Å². The Kier molecular flexibility index (Phi) is 3.92. The maximum atomic E-state index is 11.4. The molecule has 1 aliphatic carbocycles. The van der Waals surface area contributed by atoms with E-state index in [1.54, 1.807) is 19.1 Å². The Morgan fingerprint density at radius 1 is 1.33 bits per heavy atom. The minimum atomic E-state index is -3.63. The zero-order valence-electron chi connectivity index (χ0n) is 10.6. The van der Waals surface area contributed by atoms with Gasteiger partial charge in [-0.15, -0.1) is 0 Å². The van der Waals surface area contributed by atoms with Crippen molar-refractivity contribution in [2.24, 2.45) is 11.1 Å². The molecule has 0 atom stereocenters. The second kappa shape index (κ2) is 5.28. The Morgan fingerprint density at radius 2 is 2.00 bits per heavy atom. The summed E-state index contributed by atoms with van der Waals surface area (Å²) in [6.07, 6.45) is 5.15. The first-order valence-electron chi connectivity index (χ1n) is 6.35. The third kappa shape index (κ3) is 3.03. The molecule has 0 bridgehead atoms. The van der Waals surface area contributed by atoms with E-state index in [4.69, 9.17) is 5.14 Å². The lowest BCUT2D eigenvalue weighted by Gasteiger charge is -2.15. The average molecular weight is 268 g/mol. The highest BCUT2D eigenvalue weighted by molar-refractivity contribution is 7.89. The summed E-state index contributed by atoms with van der Waals surface area (Å²) in [6.45, 7) is 2.70. The van der Waals surface area contributed by atoms with Gasteiger partial charge in [-0.25, -0.2) is 13.6 Å². The largest absolute Gasteiger partial charge is 0.385 e. The van der Waals surface area contributed by atoms with Gasteiger partial charge in [-0.1, -0.05) is 18.9 Å². The summed E-state index contributed by atoms with van der Waals surface area (Å²) in [5.74, 6) is 0.711. The van der Waals surface area contributed by atoms with Gasteiger partial charge in [-0.05, 0) is 43.4 Å². The monoisotopic (exact) mass is 268 g/mol. The molecule has 0 aliphatic heterocycles. The van der Waals surface area contributed by atoms with Gasteiger partial charge >= 0.3 is 0 Å². The van der Waals surface area contributed by atoms with Gasteiger partial charge in [-0.2, -0.15) is 0 Å². The second-order valence-electron chi connectivity index (χ2n) is 5.01. The Balaban J connectivity index is 2.13. The smallest absolute Gasteiger partial charge is 0.238 e. The molecule has 4 nitrogen and oxygen atoms in total. The molecule has 3 N–H and O–H groups in total. The Bertz CT molecular complexity index is 520. The summed E-state index contributed by atoms with van der Waals surface area (Å²) in [7, 11) is -3.63. The first-order chi connectivity index (χ1) is 8.48. The summed E-state index contributed by atoms with van der Waals surface area (Å²) in [6, 6.07) is 5.17. The molecule has 1 aromatic rings. The van der Waals surface area contributed by atoms with Crippen LogP contribution in [0, 0.1) is 12.8 Å². The van der Waals surface area contributed by atoms with Crippen LogP contribution in [-0.4, -0.2) is 15.0 Å². The van der Waals surface area contributed by atoms with Crippen molar-refractivity contribution in [2.75, 3.05) is 11.9 Å². The molecule has 5 heteroatoms. The maximum Gasteiger partial charge on any atom is 0.238 e. The first-order valence-corrected chi connectivity index (χ1v) is 7.89. The fraction of sp³-hybridized carbons (Fsp3) is 0.538. The molecule has 1 saturated carbocycles. The third-order valence-corrected chi connectivity index (χ3v) is 4.70. The van der Waals surface area contributed by atoms with E-state index in [0.717, 1.165) is 12.2 Å². The minimum absolute atomic E-state index is 0.207. The van der Waals surface area contributed by atoms with Gasteiger partial charge in [0.05, 0.1) is 4.90 Å². The molecule has 0 unspecified atom stereocenters. The fourth-order valence-electron chi connectivity index (χ4n) is 2.58. The number of sulfonamides is 1. The van der Waals surface area contributed by atoms with Crippen LogP contribution in [-0.2, 0) is 10.0 Å². The van der Waals surface area contributed by atoms with Gasteiger partial charge in [0.15, 0.2) is 0 Å². The first kappa shape index (κ1) is 13.4. The van der Waals surface area contributed by atoms with Crippen molar-refractivity contribution in [3.05, 3.63) is 23.8 Å². The van der Waals surface area contributed by atoms with E-state index in [1.165, 1.54) is 25.7 Å². The van der Waals surface area contributed by atoms with Gasteiger partial charge in [0.2, 0.25) is 10.0 Å². The summed E-state index contributed by atoms with van der Waals surface area (Å²) in [5.41, 5.74) is 1.58. The van der Waals surface area contributed by atoms with Gasteiger partial charge in [-0.3, -0.25) is 0 Å². The van der Waals surface area contributed by atoms with Crippen LogP contribution in [0.5, 0.6) is 0 Å². The second-order valence-corrected chi connectivity index (χ2v) is 6.53. The molecule has 100 valence electrons. The van der Waals surface area contributed by atoms with E-state index in [-0.39, 0.29) is 4.90 Å². The number of hydrogen-bond donors (Lipinski definition) is 2. The van der Waals surface area contributed by atoms with Crippen molar-refractivity contribution in [3.63, 3.8) is 0 Å². The molecule has 0 radical (unpaired) electrons. The van der Waals surface area contributed by atoms with Crippen LogP contribution in [0.15, 0.2) is 23.1 Å². The summed E-state index contributed by atoms with van der Waals surface area (Å²) in [4.78, 5) is 0.207. The van der Waals surface area contributed by atoms with Gasteiger partial charge in [0.25, 0.3) is 0 Å². The molecule has 0 amide bonds. The van der Waals surface area contributed by atoms with Crippen LogP contribution in [0.1, 0.15) is 31.2 Å². The molecular weight excluding hydrogens is 248 g/mol. The van der Waals surface area contributed by atoms with E-state index in [1.807, 2.05) is 6.07 Å². The topological polar surface area (TPSA) is 72.2 Å². The fourth-order valence-corrected chi connectivity index (χ4v) is 3.39. The highest BCUT2D eigenvalue weighted by Gasteiger charge is 2.17. The van der Waals surface area contributed by atoms with Crippen LogP contribution < -0.4 is 10.5 Å². The number of hydrogen-bond acceptors (Lipinski definition) is 3. The highest BCUT2D eigenvalue weighted by atomic mass is 32.2. The number of primary sulfonamides is 1. The molecular formula is C13H20N2O2S. The maximum absolute atomic E-state index is 11.4. The molecule has 0 aromatic heterocycles. The average Bonchev–Trinajstić information content (AvgIpc) is 2.79. The van der Waals surface area contributed by atoms with Crippen LogP contribution in [0.25, 0.3) is 0 Å². The standard InChI is InChI=1S/C13H20N2O2S/c1-10-12(15-9-11-5-2-3-6-11)7-4-8-13(10)18(14,16)17/h4,7-8,11,15H,2-3,5-6,9H2,1H3,(H2,14,16,17). The Labute approximate surface area is 109 Å². The lowest BCUT2D eigenvalue weighted by atomic mass is 10.1. The Hall–Kier alpha value is -1.07. The number of nitrogens with two attached hydrogens (primary N) is 1. The van der Waals surface area contributed by atoms with E-state index in [9.17, 15) is 8.42 Å². The number of benzene rings is 1. The predicted molar refractivity (Wildman–Crippen MR) is 73.0 cm³/mol. The number of rotatable bonds is 4. The zero-order valence-corrected chi connectivity index (χ0v) is 11.5. The summed E-state index contributed by atoms with van der Waals surface area (Å²) >= 11 is 0. The molecule has 2 rings (SSSR count). The van der Waals surface area contributed by atoms with E-state index >= 15 is 0 Å². The lowest BCUT2D eigenvalue weighted by molar-refractivity contribution is 0.579. The van der Waals surface area contributed by atoms with Crippen LogP contribution in [0.3, 0.4) is 0 Å². The molecule has 0 saturated heterocycles. The third-order valence-electron chi connectivity index (χ3n) is 3.65. The van der Waals surface area contributed by atoms with Crippen molar-refractivity contribution >= 4 is 15.7 Å². The van der Waals surface area contributed by atoms with E-state index in [0.29, 0.717) is 11.5 Å². The molecule has 1 fully saturated rings. The van der Waals surface area contributed by atoms with Gasteiger partial charge in [0, 0.05) is 12.2 Å². The zero-order chi connectivity index (χ0) is 13.2. The van der Waals surface area contributed by atoms with Crippen LogP contribution >= 0.6 is 0 Å².